The second kappa shape index (κ2) is 6.34. The molecule has 1 aromatic carbocycles. The molecule has 0 fully saturated rings. The van der Waals surface area contributed by atoms with E-state index < -0.39 is 0 Å². The zero-order chi connectivity index (χ0) is 19.3. The summed E-state index contributed by atoms with van der Waals surface area (Å²) in [6, 6.07) is 12.3. The van der Waals surface area contributed by atoms with Crippen LogP contribution in [-0.4, -0.2) is 25.1 Å². The van der Waals surface area contributed by atoms with Gasteiger partial charge in [-0.2, -0.15) is 5.10 Å². The Morgan fingerprint density at radius 2 is 2.04 bits per heavy atom. The summed E-state index contributed by atoms with van der Waals surface area (Å²) in [5.41, 5.74) is 7.35. The third-order valence-electron chi connectivity index (χ3n) is 5.40. The molecule has 6 nitrogen and oxygen atoms in total. The van der Waals surface area contributed by atoms with Gasteiger partial charge in [-0.05, 0) is 43.2 Å². The van der Waals surface area contributed by atoms with Gasteiger partial charge in [0.15, 0.2) is 0 Å². The third kappa shape index (κ3) is 2.60. The predicted molar refractivity (Wildman–Crippen MR) is 107 cm³/mol. The van der Waals surface area contributed by atoms with Crippen LogP contribution in [0.15, 0.2) is 55.0 Å². The van der Waals surface area contributed by atoms with Crippen LogP contribution in [0.2, 0.25) is 0 Å². The summed E-state index contributed by atoms with van der Waals surface area (Å²) < 4.78 is 4.01. The van der Waals surface area contributed by atoms with Crippen molar-refractivity contribution in [3.8, 4) is 5.69 Å². The van der Waals surface area contributed by atoms with E-state index in [0.717, 1.165) is 33.8 Å². The Bertz CT molecular complexity index is 1190. The molecule has 5 rings (SSSR count). The highest BCUT2D eigenvalue weighted by atomic mass is 16.1. The van der Waals surface area contributed by atoms with Crippen LogP contribution in [-0.2, 0) is 11.3 Å². The van der Waals surface area contributed by atoms with E-state index in [1.807, 2.05) is 41.3 Å². The monoisotopic (exact) mass is 371 g/mol. The molecule has 0 spiro atoms. The van der Waals surface area contributed by atoms with Crippen LogP contribution in [0.3, 0.4) is 0 Å². The lowest BCUT2D eigenvalue weighted by molar-refractivity contribution is -0.121. The average Bonchev–Trinajstić information content (AvgIpc) is 3.28. The molecule has 1 atom stereocenters. The number of hydrogen-bond donors (Lipinski definition) is 1. The summed E-state index contributed by atoms with van der Waals surface area (Å²) in [5, 5.41) is 7.48. The minimum absolute atomic E-state index is 0.0401. The van der Waals surface area contributed by atoms with Gasteiger partial charge in [0.1, 0.15) is 5.65 Å². The molecule has 140 valence electrons. The van der Waals surface area contributed by atoms with E-state index in [0.29, 0.717) is 13.0 Å². The van der Waals surface area contributed by atoms with Gasteiger partial charge in [0.2, 0.25) is 5.91 Å². The highest BCUT2D eigenvalue weighted by Gasteiger charge is 2.31. The molecule has 1 N–H and O–H groups in total. The van der Waals surface area contributed by atoms with Crippen LogP contribution < -0.4 is 5.32 Å². The summed E-state index contributed by atoms with van der Waals surface area (Å²) in [5.74, 6) is -0.0639. The molecule has 4 heterocycles. The molecule has 6 heteroatoms. The lowest BCUT2D eigenvalue weighted by Gasteiger charge is -2.22. The molecule has 3 aromatic heterocycles. The van der Waals surface area contributed by atoms with Crippen molar-refractivity contribution in [1.29, 1.82) is 0 Å². The fourth-order valence-corrected chi connectivity index (χ4v) is 4.33. The van der Waals surface area contributed by atoms with Crippen LogP contribution in [0.1, 0.15) is 40.4 Å². The lowest BCUT2D eigenvalue weighted by atomic mass is 9.87. The first-order valence-corrected chi connectivity index (χ1v) is 9.45. The van der Waals surface area contributed by atoms with Gasteiger partial charge in [-0.1, -0.05) is 23.8 Å². The number of amides is 1. The number of nitrogens with zero attached hydrogens (tertiary/aromatic N) is 4. The van der Waals surface area contributed by atoms with Gasteiger partial charge in [-0.15, -0.1) is 0 Å². The topological polar surface area (TPSA) is 64.2 Å². The molecule has 0 aliphatic carbocycles. The van der Waals surface area contributed by atoms with Crippen LogP contribution in [0.5, 0.6) is 0 Å². The molecule has 1 aliphatic rings. The third-order valence-corrected chi connectivity index (χ3v) is 5.40. The van der Waals surface area contributed by atoms with Crippen LogP contribution in [0.25, 0.3) is 11.3 Å². The second-order valence-electron chi connectivity index (χ2n) is 7.38. The first kappa shape index (κ1) is 16.7. The molecule has 0 radical (unpaired) electrons. The number of pyridine rings is 1. The van der Waals surface area contributed by atoms with Gasteiger partial charge >= 0.3 is 0 Å². The molecular weight excluding hydrogens is 350 g/mol. The molecule has 4 aromatic rings. The van der Waals surface area contributed by atoms with Gasteiger partial charge in [-0.3, -0.25) is 4.79 Å². The Labute approximate surface area is 162 Å². The van der Waals surface area contributed by atoms with Crippen molar-refractivity contribution >= 4 is 11.6 Å². The summed E-state index contributed by atoms with van der Waals surface area (Å²) in [4.78, 5) is 17.4. The van der Waals surface area contributed by atoms with Crippen molar-refractivity contribution in [2.24, 2.45) is 0 Å². The highest BCUT2D eigenvalue weighted by Crippen LogP contribution is 2.37. The second-order valence-corrected chi connectivity index (χ2v) is 7.38. The smallest absolute Gasteiger partial charge is 0.221 e. The van der Waals surface area contributed by atoms with Crippen molar-refractivity contribution < 1.29 is 4.79 Å². The molecule has 1 unspecified atom stereocenters. The first-order chi connectivity index (χ1) is 13.6. The number of benzene rings is 1. The highest BCUT2D eigenvalue weighted by molar-refractivity contribution is 5.79. The van der Waals surface area contributed by atoms with Crippen LogP contribution >= 0.6 is 0 Å². The van der Waals surface area contributed by atoms with Gasteiger partial charge in [0.05, 0.1) is 23.6 Å². The maximum absolute atomic E-state index is 12.6. The minimum Gasteiger partial charge on any atom is -0.350 e. The van der Waals surface area contributed by atoms with E-state index in [4.69, 9.17) is 4.98 Å². The van der Waals surface area contributed by atoms with Crippen molar-refractivity contribution in [3.05, 3.63) is 83.1 Å². The van der Waals surface area contributed by atoms with Crippen LogP contribution in [0.4, 0.5) is 0 Å². The van der Waals surface area contributed by atoms with Crippen molar-refractivity contribution in [1.82, 2.24) is 24.5 Å². The minimum atomic E-state index is -0.104. The number of rotatable bonds is 2. The number of carbonyl (C=O) groups is 1. The average molecular weight is 371 g/mol. The molecular formula is C22H21N5O. The van der Waals surface area contributed by atoms with Gasteiger partial charge < -0.3 is 9.72 Å². The molecule has 0 bridgehead atoms. The summed E-state index contributed by atoms with van der Waals surface area (Å²) >= 11 is 0. The van der Waals surface area contributed by atoms with Gasteiger partial charge in [-0.25, -0.2) is 9.67 Å². The Morgan fingerprint density at radius 3 is 2.86 bits per heavy atom. The maximum atomic E-state index is 12.6. The van der Waals surface area contributed by atoms with E-state index >= 15 is 0 Å². The standard InChI is InChI=1S/C22H21N5O/c1-14-10-15(2)21(27-9-5-7-24-27)16(11-14)17-12-20(28)23-13-18-22(17)26-8-4-3-6-19(26)25-18/h3-11,17H,12-13H2,1-2H3,(H,23,28). The summed E-state index contributed by atoms with van der Waals surface area (Å²) in [7, 11) is 0. The predicted octanol–water partition coefficient (Wildman–Crippen LogP) is 3.29. The zero-order valence-electron chi connectivity index (χ0n) is 15.9. The van der Waals surface area contributed by atoms with E-state index in [2.05, 4.69) is 40.8 Å². The Kier molecular flexibility index (Phi) is 3.79. The lowest BCUT2D eigenvalue weighted by Crippen LogP contribution is -2.22. The number of fused-ring (bicyclic) bond motifs is 3. The van der Waals surface area contributed by atoms with Crippen molar-refractivity contribution in [2.75, 3.05) is 0 Å². The fraction of sp³-hybridized carbons (Fsp3) is 0.227. The number of hydrogen-bond acceptors (Lipinski definition) is 3. The normalized spacial score (nSPS) is 16.6. The largest absolute Gasteiger partial charge is 0.350 e. The summed E-state index contributed by atoms with van der Waals surface area (Å²) in [6.45, 7) is 4.64. The molecule has 0 saturated heterocycles. The number of carbonyl (C=O) groups excluding carboxylic acids is 1. The quantitative estimate of drug-likeness (QED) is 0.588. The van der Waals surface area contributed by atoms with Gasteiger partial charge in [0.25, 0.3) is 0 Å². The Balaban J connectivity index is 1.81. The maximum Gasteiger partial charge on any atom is 0.221 e. The first-order valence-electron chi connectivity index (χ1n) is 9.45. The number of aromatic nitrogens is 4. The van der Waals surface area contributed by atoms with E-state index in [-0.39, 0.29) is 11.8 Å². The number of imidazole rings is 1. The van der Waals surface area contributed by atoms with E-state index in [1.54, 1.807) is 6.20 Å². The van der Waals surface area contributed by atoms with Crippen molar-refractivity contribution in [2.45, 2.75) is 32.7 Å². The number of nitrogens with one attached hydrogen (secondary N) is 1. The Hall–Kier alpha value is -3.41. The van der Waals surface area contributed by atoms with E-state index in [1.165, 1.54) is 5.56 Å². The molecule has 28 heavy (non-hydrogen) atoms. The Morgan fingerprint density at radius 1 is 1.14 bits per heavy atom. The molecule has 1 amide bonds. The number of aryl methyl sites for hydroxylation is 2. The van der Waals surface area contributed by atoms with Crippen LogP contribution in [0, 0.1) is 13.8 Å². The fourth-order valence-electron chi connectivity index (χ4n) is 4.33. The van der Waals surface area contributed by atoms with E-state index in [9.17, 15) is 4.79 Å². The SMILES string of the molecule is Cc1cc(C)c(-n2cccn2)c(C2CC(=O)NCc3nc4ccccn4c32)c1. The van der Waals surface area contributed by atoms with Crippen molar-refractivity contribution in [3.63, 3.8) is 0 Å². The molecule has 0 saturated carbocycles. The van der Waals surface area contributed by atoms with Gasteiger partial charge in [0, 0.05) is 30.9 Å². The molecule has 1 aliphatic heterocycles. The summed E-state index contributed by atoms with van der Waals surface area (Å²) in [6.07, 6.45) is 6.14. The zero-order valence-corrected chi connectivity index (χ0v) is 15.9.